The van der Waals surface area contributed by atoms with E-state index < -0.39 is 39.8 Å². The Bertz CT molecular complexity index is 1300. The molecule has 0 bridgehead atoms. The number of sulfonamides is 1. The maximum Gasteiger partial charge on any atom is 0.490 e. The summed E-state index contributed by atoms with van der Waals surface area (Å²) in [6.07, 6.45) is -5.08. The summed E-state index contributed by atoms with van der Waals surface area (Å²) in [6.45, 7) is 4.12. The number of nitrogens with zero attached hydrogens (tertiary/aromatic N) is 2. The average molecular weight is 553 g/mol. The van der Waals surface area contributed by atoms with E-state index in [1.807, 2.05) is 13.8 Å². The lowest BCUT2D eigenvalue weighted by molar-refractivity contribution is -0.192. The summed E-state index contributed by atoms with van der Waals surface area (Å²) in [7, 11) is -3.78. The van der Waals surface area contributed by atoms with Gasteiger partial charge in [0.2, 0.25) is 21.8 Å². The number of halogens is 3. The molecule has 0 spiro atoms. The van der Waals surface area contributed by atoms with Gasteiger partial charge in [-0.1, -0.05) is 13.8 Å². The van der Waals surface area contributed by atoms with Crippen molar-refractivity contribution in [1.29, 1.82) is 0 Å². The summed E-state index contributed by atoms with van der Waals surface area (Å²) in [5, 5.41) is 9.76. The van der Waals surface area contributed by atoms with Gasteiger partial charge in [0.25, 0.3) is 0 Å². The van der Waals surface area contributed by atoms with E-state index in [9.17, 15) is 36.0 Å². The third-order valence-corrected chi connectivity index (χ3v) is 7.25. The molecular formula is C20H27F3N6O7S. The van der Waals surface area contributed by atoms with Crippen LogP contribution in [0.3, 0.4) is 0 Å². The molecule has 1 aromatic heterocycles. The number of carbonyl (C=O) groups is 3. The van der Waals surface area contributed by atoms with E-state index in [0.717, 1.165) is 0 Å². The standard InChI is InChI=1S/C18H26N6O5S.C2HF3O2/c1-11(2)16(22-15(25)10-19)17(26)23-5-7-24(8-6-23)30(28,29)12-3-4-13-14(9-12)21-18(27)20-13;3-2(4,5)1(6)7/h3-4,9,11,16H,5-8,10,19H2,1-2H3,(H,22,25)(H2,20,21,27);(H,6,7)/t16-;/m1./s1. The van der Waals surface area contributed by atoms with Crippen molar-refractivity contribution in [3.63, 3.8) is 0 Å². The van der Waals surface area contributed by atoms with Gasteiger partial charge >= 0.3 is 17.8 Å². The molecular weight excluding hydrogens is 525 g/mol. The molecule has 37 heavy (non-hydrogen) atoms. The highest BCUT2D eigenvalue weighted by Gasteiger charge is 2.38. The minimum absolute atomic E-state index is 0.0697. The monoisotopic (exact) mass is 552 g/mol. The van der Waals surface area contributed by atoms with E-state index in [0.29, 0.717) is 11.0 Å². The molecule has 2 heterocycles. The third kappa shape index (κ3) is 7.53. The van der Waals surface area contributed by atoms with Gasteiger partial charge in [0, 0.05) is 26.2 Å². The molecule has 1 aliphatic rings. The summed E-state index contributed by atoms with van der Waals surface area (Å²) >= 11 is 0. The quantitative estimate of drug-likeness (QED) is 0.313. The molecule has 13 nitrogen and oxygen atoms in total. The van der Waals surface area contributed by atoms with Gasteiger partial charge in [-0.05, 0) is 24.1 Å². The van der Waals surface area contributed by atoms with E-state index in [2.05, 4.69) is 15.3 Å². The Hall–Kier alpha value is -3.44. The van der Waals surface area contributed by atoms with E-state index >= 15 is 0 Å². The van der Waals surface area contributed by atoms with Gasteiger partial charge < -0.3 is 31.0 Å². The number of piperazine rings is 1. The van der Waals surface area contributed by atoms with Gasteiger partial charge in [0.1, 0.15) is 6.04 Å². The first-order chi connectivity index (χ1) is 17.1. The number of imidazole rings is 1. The smallest absolute Gasteiger partial charge is 0.475 e. The van der Waals surface area contributed by atoms with E-state index in [1.165, 1.54) is 22.5 Å². The maximum absolute atomic E-state index is 13.0. The highest BCUT2D eigenvalue weighted by atomic mass is 32.2. The van der Waals surface area contributed by atoms with Crippen LogP contribution >= 0.6 is 0 Å². The van der Waals surface area contributed by atoms with Crippen LogP contribution in [0.1, 0.15) is 13.8 Å². The fourth-order valence-electron chi connectivity index (χ4n) is 3.41. The Morgan fingerprint density at radius 2 is 1.65 bits per heavy atom. The van der Waals surface area contributed by atoms with E-state index in [-0.39, 0.29) is 49.4 Å². The topological polar surface area (TPSA) is 199 Å². The first-order valence-corrected chi connectivity index (χ1v) is 12.3. The summed E-state index contributed by atoms with van der Waals surface area (Å²) in [6, 6.07) is 3.68. The number of nitrogens with two attached hydrogens (primary N) is 1. The van der Waals surface area contributed by atoms with Crippen molar-refractivity contribution in [3.8, 4) is 0 Å². The van der Waals surface area contributed by atoms with Crippen LogP contribution in [-0.4, -0.2) is 95.4 Å². The second-order valence-corrected chi connectivity index (χ2v) is 10.3. The molecule has 6 N–H and O–H groups in total. The Balaban J connectivity index is 0.000000604. The van der Waals surface area contributed by atoms with Crippen molar-refractivity contribution in [1.82, 2.24) is 24.5 Å². The Morgan fingerprint density at radius 3 is 2.14 bits per heavy atom. The number of rotatable bonds is 6. The van der Waals surface area contributed by atoms with Crippen LogP contribution in [0.25, 0.3) is 11.0 Å². The molecule has 0 aliphatic carbocycles. The maximum atomic E-state index is 13.0. The molecule has 2 aromatic rings. The fraction of sp³-hybridized carbons (Fsp3) is 0.500. The van der Waals surface area contributed by atoms with Gasteiger partial charge in [0.05, 0.1) is 22.5 Å². The van der Waals surface area contributed by atoms with Crippen molar-refractivity contribution in [2.75, 3.05) is 32.7 Å². The summed E-state index contributed by atoms with van der Waals surface area (Å²) in [4.78, 5) is 51.5. The minimum atomic E-state index is -5.08. The number of hydrogen-bond donors (Lipinski definition) is 5. The number of nitrogens with one attached hydrogen (secondary N) is 3. The lowest BCUT2D eigenvalue weighted by atomic mass is 10.0. The summed E-state index contributed by atoms with van der Waals surface area (Å²) in [5.74, 6) is -3.56. The molecule has 2 amide bonds. The van der Waals surface area contributed by atoms with Crippen LogP contribution in [0.2, 0.25) is 0 Å². The summed E-state index contributed by atoms with van der Waals surface area (Å²) in [5.41, 5.74) is 5.84. The first-order valence-electron chi connectivity index (χ1n) is 10.9. The minimum Gasteiger partial charge on any atom is -0.475 e. The predicted molar refractivity (Wildman–Crippen MR) is 124 cm³/mol. The first kappa shape index (κ1) is 29.8. The molecule has 17 heteroatoms. The highest BCUT2D eigenvalue weighted by Crippen LogP contribution is 2.21. The Morgan fingerprint density at radius 1 is 1.11 bits per heavy atom. The number of carboxylic acids is 1. The average Bonchev–Trinajstić information content (AvgIpc) is 3.20. The number of aromatic nitrogens is 2. The van der Waals surface area contributed by atoms with Gasteiger partial charge in [-0.25, -0.2) is 18.0 Å². The number of benzene rings is 1. The number of alkyl halides is 3. The van der Waals surface area contributed by atoms with E-state index in [4.69, 9.17) is 15.6 Å². The van der Waals surface area contributed by atoms with Crippen molar-refractivity contribution in [2.24, 2.45) is 11.7 Å². The van der Waals surface area contributed by atoms with Gasteiger partial charge in [-0.3, -0.25) is 9.59 Å². The molecule has 0 saturated carbocycles. The molecule has 1 fully saturated rings. The number of carboxylic acid groups (broad SMARTS) is 1. The van der Waals surface area contributed by atoms with Crippen molar-refractivity contribution in [3.05, 3.63) is 28.7 Å². The number of amides is 2. The molecule has 1 atom stereocenters. The third-order valence-electron chi connectivity index (χ3n) is 5.35. The second-order valence-electron chi connectivity index (χ2n) is 8.31. The zero-order chi connectivity index (χ0) is 28.1. The van der Waals surface area contributed by atoms with Crippen molar-refractivity contribution >= 4 is 38.8 Å². The largest absolute Gasteiger partial charge is 0.490 e. The number of aliphatic carboxylic acids is 1. The van der Waals surface area contributed by atoms with Crippen LogP contribution < -0.4 is 16.7 Å². The van der Waals surface area contributed by atoms with E-state index in [1.54, 1.807) is 4.90 Å². The van der Waals surface area contributed by atoms with Crippen LogP contribution in [0.5, 0.6) is 0 Å². The lowest BCUT2D eigenvalue weighted by Gasteiger charge is -2.36. The zero-order valence-corrected chi connectivity index (χ0v) is 20.6. The van der Waals surface area contributed by atoms with Crippen LogP contribution in [-0.2, 0) is 24.4 Å². The van der Waals surface area contributed by atoms with Crippen LogP contribution in [0, 0.1) is 5.92 Å². The molecule has 1 aliphatic heterocycles. The SMILES string of the molecule is CC(C)[C@@H](NC(=O)CN)C(=O)N1CCN(S(=O)(=O)c2ccc3[nH]c(=O)[nH]c3c2)CC1.O=C(O)C(F)(F)F. The number of carbonyl (C=O) groups excluding carboxylic acids is 2. The molecule has 206 valence electrons. The van der Waals surface area contributed by atoms with Crippen molar-refractivity contribution in [2.45, 2.75) is 31.0 Å². The number of H-pyrrole nitrogens is 2. The number of aromatic amines is 2. The zero-order valence-electron chi connectivity index (χ0n) is 19.8. The Kier molecular flexibility index (Phi) is 9.45. The van der Waals surface area contributed by atoms with Crippen LogP contribution in [0.15, 0.2) is 27.9 Å². The fourth-order valence-corrected chi connectivity index (χ4v) is 4.86. The summed E-state index contributed by atoms with van der Waals surface area (Å²) < 4.78 is 59.0. The molecule has 3 rings (SSSR count). The molecule has 0 radical (unpaired) electrons. The molecule has 1 aromatic carbocycles. The predicted octanol–water partition coefficient (Wildman–Crippen LogP) is -0.578. The van der Waals surface area contributed by atoms with Gasteiger partial charge in [0.15, 0.2) is 0 Å². The van der Waals surface area contributed by atoms with Crippen molar-refractivity contribution < 1.29 is 41.1 Å². The van der Waals surface area contributed by atoms with Crippen LogP contribution in [0.4, 0.5) is 13.2 Å². The normalized spacial score (nSPS) is 15.7. The number of hydrogen-bond acceptors (Lipinski definition) is 7. The highest BCUT2D eigenvalue weighted by molar-refractivity contribution is 7.89. The second kappa shape index (κ2) is 11.7. The number of fused-ring (bicyclic) bond motifs is 1. The molecule has 1 saturated heterocycles. The Labute approximate surface area is 208 Å². The van der Waals surface area contributed by atoms with Gasteiger partial charge in [-0.2, -0.15) is 17.5 Å². The van der Waals surface area contributed by atoms with Gasteiger partial charge in [-0.15, -0.1) is 0 Å². The molecule has 0 unspecified atom stereocenters. The lowest BCUT2D eigenvalue weighted by Crippen LogP contribution is -2.57.